The molecule has 0 aromatic heterocycles. The third-order valence-corrected chi connectivity index (χ3v) is 3.25. The molecule has 3 N–H and O–H groups in total. The topological polar surface area (TPSA) is 95.5 Å². The van der Waals surface area contributed by atoms with Crippen molar-refractivity contribution in [1.82, 2.24) is 10.6 Å². The van der Waals surface area contributed by atoms with Gasteiger partial charge < -0.3 is 15.7 Å². The van der Waals surface area contributed by atoms with Crippen LogP contribution in [0, 0.1) is 5.92 Å². The number of rotatable bonds is 5. The number of carbonyl (C=O) groups is 3. The van der Waals surface area contributed by atoms with Crippen molar-refractivity contribution in [3.63, 3.8) is 0 Å². The molecule has 0 spiro atoms. The molecule has 6 nitrogen and oxygen atoms in total. The highest BCUT2D eigenvalue weighted by molar-refractivity contribution is 5.91. The normalized spacial score (nSPS) is 19.2. The van der Waals surface area contributed by atoms with Gasteiger partial charge in [0.25, 0.3) is 0 Å². The van der Waals surface area contributed by atoms with Crippen molar-refractivity contribution < 1.29 is 19.5 Å². The van der Waals surface area contributed by atoms with Gasteiger partial charge in [0.2, 0.25) is 11.8 Å². The Morgan fingerprint density at radius 2 is 2.05 bits per heavy atom. The van der Waals surface area contributed by atoms with E-state index < -0.39 is 23.8 Å². The molecule has 2 unspecified atom stereocenters. The molecule has 1 aromatic carbocycles. The average Bonchev–Trinajstić information content (AvgIpc) is 2.86. The zero-order valence-electron chi connectivity index (χ0n) is 10.8. The summed E-state index contributed by atoms with van der Waals surface area (Å²) in [4.78, 5) is 34.2. The first-order valence-electron chi connectivity index (χ1n) is 6.40. The molecule has 1 heterocycles. The van der Waals surface area contributed by atoms with E-state index in [0.29, 0.717) is 0 Å². The van der Waals surface area contributed by atoms with Crippen LogP contribution >= 0.6 is 0 Å². The standard InChI is InChI=1S/C14H16N2O4/c17-12-7-10(8-15-12)13(18)16-11(14(19)20)6-9-4-2-1-3-5-9/h1-5,10-11H,6-8H2,(H,15,17)(H,16,18)(H,19,20). The van der Waals surface area contributed by atoms with Crippen molar-refractivity contribution in [2.24, 2.45) is 5.92 Å². The van der Waals surface area contributed by atoms with Gasteiger partial charge in [-0.05, 0) is 5.56 Å². The van der Waals surface area contributed by atoms with E-state index in [1.165, 1.54) is 0 Å². The van der Waals surface area contributed by atoms with E-state index in [-0.39, 0.29) is 25.3 Å². The molecule has 1 saturated heterocycles. The van der Waals surface area contributed by atoms with Crippen molar-refractivity contribution in [3.05, 3.63) is 35.9 Å². The lowest BCUT2D eigenvalue weighted by atomic mass is 10.0. The lowest BCUT2D eigenvalue weighted by molar-refractivity contribution is -0.142. The summed E-state index contributed by atoms with van der Waals surface area (Å²) in [5, 5.41) is 14.2. The molecule has 2 amide bonds. The lowest BCUT2D eigenvalue weighted by Gasteiger charge is -2.16. The summed E-state index contributed by atoms with van der Waals surface area (Å²) in [5.74, 6) is -2.15. The number of carboxylic acid groups (broad SMARTS) is 1. The summed E-state index contributed by atoms with van der Waals surface area (Å²) < 4.78 is 0. The monoisotopic (exact) mass is 276 g/mol. The Labute approximate surface area is 116 Å². The van der Waals surface area contributed by atoms with Crippen molar-refractivity contribution in [2.75, 3.05) is 6.54 Å². The van der Waals surface area contributed by atoms with Gasteiger partial charge in [0.1, 0.15) is 6.04 Å². The molecule has 0 saturated carbocycles. The van der Waals surface area contributed by atoms with E-state index in [1.807, 2.05) is 30.3 Å². The molecular weight excluding hydrogens is 260 g/mol. The zero-order valence-corrected chi connectivity index (χ0v) is 10.8. The number of hydrogen-bond donors (Lipinski definition) is 3. The van der Waals surface area contributed by atoms with Gasteiger partial charge in [-0.1, -0.05) is 30.3 Å². The van der Waals surface area contributed by atoms with Gasteiger partial charge in [0.15, 0.2) is 0 Å². The molecule has 0 aliphatic carbocycles. The van der Waals surface area contributed by atoms with Crippen LogP contribution in [0.25, 0.3) is 0 Å². The van der Waals surface area contributed by atoms with E-state index in [0.717, 1.165) is 5.56 Å². The van der Waals surface area contributed by atoms with Gasteiger partial charge in [-0.15, -0.1) is 0 Å². The summed E-state index contributed by atoms with van der Waals surface area (Å²) in [7, 11) is 0. The highest BCUT2D eigenvalue weighted by Gasteiger charge is 2.30. The fourth-order valence-corrected chi connectivity index (χ4v) is 2.13. The van der Waals surface area contributed by atoms with Crippen LogP contribution < -0.4 is 10.6 Å². The van der Waals surface area contributed by atoms with Gasteiger partial charge in [-0.25, -0.2) is 4.79 Å². The number of carbonyl (C=O) groups excluding carboxylic acids is 2. The van der Waals surface area contributed by atoms with Crippen LogP contribution in [0.2, 0.25) is 0 Å². The number of hydrogen-bond acceptors (Lipinski definition) is 3. The first-order chi connectivity index (χ1) is 9.56. The van der Waals surface area contributed by atoms with E-state index in [1.54, 1.807) is 0 Å². The molecule has 1 aliphatic rings. The second-order valence-electron chi connectivity index (χ2n) is 4.79. The smallest absolute Gasteiger partial charge is 0.326 e. The van der Waals surface area contributed by atoms with Crippen molar-refractivity contribution in [3.8, 4) is 0 Å². The zero-order chi connectivity index (χ0) is 14.5. The largest absolute Gasteiger partial charge is 0.480 e. The predicted octanol–water partition coefficient (Wildman–Crippen LogP) is -0.0654. The molecule has 106 valence electrons. The Kier molecular flexibility index (Phi) is 4.34. The Morgan fingerprint density at radius 1 is 1.35 bits per heavy atom. The Hall–Kier alpha value is -2.37. The molecule has 2 atom stereocenters. The Bertz CT molecular complexity index is 515. The first-order valence-corrected chi connectivity index (χ1v) is 6.40. The molecule has 1 fully saturated rings. The van der Waals surface area contributed by atoms with E-state index >= 15 is 0 Å². The maximum Gasteiger partial charge on any atom is 0.326 e. The lowest BCUT2D eigenvalue weighted by Crippen LogP contribution is -2.45. The van der Waals surface area contributed by atoms with E-state index in [4.69, 9.17) is 0 Å². The predicted molar refractivity (Wildman–Crippen MR) is 70.8 cm³/mol. The summed E-state index contributed by atoms with van der Waals surface area (Å²) in [6, 6.07) is 8.10. The number of benzene rings is 1. The van der Waals surface area contributed by atoms with Crippen LogP contribution in [-0.2, 0) is 20.8 Å². The molecule has 1 aliphatic heterocycles. The number of amides is 2. The molecule has 2 rings (SSSR count). The van der Waals surface area contributed by atoms with Gasteiger partial charge in [0, 0.05) is 19.4 Å². The minimum Gasteiger partial charge on any atom is -0.480 e. The molecule has 0 bridgehead atoms. The summed E-state index contributed by atoms with van der Waals surface area (Å²) in [6.45, 7) is 0.266. The van der Waals surface area contributed by atoms with Crippen LogP contribution in [0.15, 0.2) is 30.3 Å². The summed E-state index contributed by atoms with van der Waals surface area (Å²) in [6.07, 6.45) is 0.333. The maximum atomic E-state index is 11.9. The van der Waals surface area contributed by atoms with Gasteiger partial charge in [0.05, 0.1) is 5.92 Å². The van der Waals surface area contributed by atoms with Crippen LogP contribution in [-0.4, -0.2) is 35.5 Å². The van der Waals surface area contributed by atoms with Gasteiger partial charge in [-0.2, -0.15) is 0 Å². The highest BCUT2D eigenvalue weighted by atomic mass is 16.4. The molecule has 1 aromatic rings. The summed E-state index contributed by atoms with van der Waals surface area (Å²) >= 11 is 0. The minimum absolute atomic E-state index is 0.115. The number of nitrogens with one attached hydrogen (secondary N) is 2. The van der Waals surface area contributed by atoms with Gasteiger partial charge >= 0.3 is 5.97 Å². The SMILES string of the molecule is O=C1CC(C(=O)NC(Cc2ccccc2)C(=O)O)CN1. The fraction of sp³-hybridized carbons (Fsp3) is 0.357. The van der Waals surface area contributed by atoms with Crippen LogP contribution in [0.4, 0.5) is 0 Å². The van der Waals surface area contributed by atoms with Crippen LogP contribution in [0.1, 0.15) is 12.0 Å². The van der Waals surface area contributed by atoms with Crippen LogP contribution in [0.5, 0.6) is 0 Å². The molecular formula is C14H16N2O4. The second kappa shape index (κ2) is 6.18. The van der Waals surface area contributed by atoms with Crippen LogP contribution in [0.3, 0.4) is 0 Å². The van der Waals surface area contributed by atoms with Gasteiger partial charge in [-0.3, -0.25) is 9.59 Å². The second-order valence-corrected chi connectivity index (χ2v) is 4.79. The molecule has 6 heteroatoms. The molecule has 0 radical (unpaired) electrons. The van der Waals surface area contributed by atoms with E-state index in [9.17, 15) is 19.5 Å². The minimum atomic E-state index is -1.08. The number of aliphatic carboxylic acids is 1. The maximum absolute atomic E-state index is 11.9. The summed E-state index contributed by atoms with van der Waals surface area (Å²) in [5.41, 5.74) is 0.834. The average molecular weight is 276 g/mol. The van der Waals surface area contributed by atoms with Crippen molar-refractivity contribution in [2.45, 2.75) is 18.9 Å². The third kappa shape index (κ3) is 3.57. The quantitative estimate of drug-likeness (QED) is 0.701. The van der Waals surface area contributed by atoms with E-state index in [2.05, 4.69) is 10.6 Å². The highest BCUT2D eigenvalue weighted by Crippen LogP contribution is 2.10. The molecule has 20 heavy (non-hydrogen) atoms. The third-order valence-electron chi connectivity index (χ3n) is 3.25. The van der Waals surface area contributed by atoms with Crippen molar-refractivity contribution in [1.29, 1.82) is 0 Å². The van der Waals surface area contributed by atoms with Crippen molar-refractivity contribution >= 4 is 17.8 Å². The Morgan fingerprint density at radius 3 is 2.60 bits per heavy atom. The fourth-order valence-electron chi connectivity index (χ4n) is 2.13. The Balaban J connectivity index is 1.97. The number of carboxylic acids is 1. The first kappa shape index (κ1) is 14.0.